The van der Waals surface area contributed by atoms with Crippen LogP contribution in [0.4, 0.5) is 0 Å². The van der Waals surface area contributed by atoms with Gasteiger partial charge >= 0.3 is 0 Å². The lowest BCUT2D eigenvalue weighted by atomic mass is 9.82. The van der Waals surface area contributed by atoms with Gasteiger partial charge in [0, 0.05) is 13.6 Å². The van der Waals surface area contributed by atoms with Crippen LogP contribution in [0.5, 0.6) is 0 Å². The maximum Gasteiger partial charge on any atom is 0.166 e. The van der Waals surface area contributed by atoms with Gasteiger partial charge < -0.3 is 10.6 Å². The Labute approximate surface area is 81.1 Å². The van der Waals surface area contributed by atoms with Gasteiger partial charge in [0.2, 0.25) is 0 Å². The van der Waals surface area contributed by atoms with Crippen LogP contribution in [-0.4, -0.2) is 18.7 Å². The molecule has 0 rings (SSSR count). The molecule has 2 nitrogen and oxygen atoms in total. The molecule has 1 atom stereocenters. The Morgan fingerprint density at radius 3 is 2.25 bits per heavy atom. The van der Waals surface area contributed by atoms with Gasteiger partial charge in [-0.1, -0.05) is 27.7 Å². The van der Waals surface area contributed by atoms with E-state index in [1.54, 1.807) is 0 Å². The van der Waals surface area contributed by atoms with Crippen molar-refractivity contribution in [2.45, 2.75) is 27.7 Å². The van der Waals surface area contributed by atoms with E-state index in [0.717, 1.165) is 11.7 Å². The largest absolute Gasteiger partial charge is 0.366 e. The fraction of sp³-hybridized carbons (Fsp3) is 0.889. The molecule has 3 heteroatoms. The zero-order chi connectivity index (χ0) is 9.78. The number of thiocarbonyl (C=S) groups is 1. The van der Waals surface area contributed by atoms with Gasteiger partial charge in [-0.05, 0) is 23.6 Å². The predicted octanol–water partition coefficient (Wildman–Crippen LogP) is 1.76. The highest BCUT2D eigenvalue weighted by atomic mass is 32.1. The van der Waals surface area contributed by atoms with Crippen LogP contribution >= 0.6 is 12.2 Å². The van der Waals surface area contributed by atoms with Crippen LogP contribution in [-0.2, 0) is 0 Å². The summed E-state index contributed by atoms with van der Waals surface area (Å²) in [6.07, 6.45) is 0. The Morgan fingerprint density at radius 2 is 1.92 bits per heavy atom. The summed E-state index contributed by atoms with van der Waals surface area (Å²) in [5.41, 5.74) is 0.344. The van der Waals surface area contributed by atoms with E-state index in [1.165, 1.54) is 0 Å². The summed E-state index contributed by atoms with van der Waals surface area (Å²) in [5.74, 6) is 0.615. The van der Waals surface area contributed by atoms with Crippen molar-refractivity contribution in [1.82, 2.24) is 10.6 Å². The molecule has 0 aromatic carbocycles. The lowest BCUT2D eigenvalue weighted by Gasteiger charge is -2.27. The van der Waals surface area contributed by atoms with Gasteiger partial charge in [0.25, 0.3) is 0 Å². The average molecular weight is 188 g/mol. The van der Waals surface area contributed by atoms with Crippen LogP contribution in [0.25, 0.3) is 0 Å². The molecule has 1 unspecified atom stereocenters. The van der Waals surface area contributed by atoms with Gasteiger partial charge in [0.1, 0.15) is 0 Å². The van der Waals surface area contributed by atoms with E-state index in [9.17, 15) is 0 Å². The predicted molar refractivity (Wildman–Crippen MR) is 58.3 cm³/mol. The smallest absolute Gasteiger partial charge is 0.166 e. The third-order valence-corrected chi connectivity index (χ3v) is 2.62. The first-order valence-corrected chi connectivity index (χ1v) is 4.74. The molecule has 2 N–H and O–H groups in total. The van der Waals surface area contributed by atoms with Crippen LogP contribution < -0.4 is 10.6 Å². The Hall–Kier alpha value is -0.310. The van der Waals surface area contributed by atoms with Gasteiger partial charge in [-0.3, -0.25) is 0 Å². The van der Waals surface area contributed by atoms with Crippen LogP contribution in [0, 0.1) is 11.3 Å². The number of hydrogen-bond acceptors (Lipinski definition) is 1. The van der Waals surface area contributed by atoms with Crippen LogP contribution in [0.2, 0.25) is 0 Å². The monoisotopic (exact) mass is 188 g/mol. The molecule has 0 amide bonds. The number of nitrogens with one attached hydrogen (secondary N) is 2. The zero-order valence-electron chi connectivity index (χ0n) is 8.69. The van der Waals surface area contributed by atoms with Crippen molar-refractivity contribution in [1.29, 1.82) is 0 Å². The number of hydrogen-bond donors (Lipinski definition) is 2. The SMILES string of the molecule is CNC(=S)NCC(C)C(C)(C)C. The van der Waals surface area contributed by atoms with Crippen molar-refractivity contribution < 1.29 is 0 Å². The fourth-order valence-electron chi connectivity index (χ4n) is 0.640. The highest BCUT2D eigenvalue weighted by molar-refractivity contribution is 7.80. The molecule has 0 aliphatic heterocycles. The van der Waals surface area contributed by atoms with Gasteiger partial charge in [-0.25, -0.2) is 0 Å². The molecule has 0 fully saturated rings. The molecule has 0 saturated carbocycles. The third-order valence-electron chi connectivity index (χ3n) is 2.27. The van der Waals surface area contributed by atoms with Gasteiger partial charge in [0.15, 0.2) is 5.11 Å². The first-order valence-electron chi connectivity index (χ1n) is 4.33. The Bertz CT molecular complexity index is 149. The molecular weight excluding hydrogens is 168 g/mol. The minimum atomic E-state index is 0.344. The summed E-state index contributed by atoms with van der Waals surface area (Å²) in [6, 6.07) is 0. The zero-order valence-corrected chi connectivity index (χ0v) is 9.51. The van der Waals surface area contributed by atoms with Crippen molar-refractivity contribution in [3.8, 4) is 0 Å². The van der Waals surface area contributed by atoms with E-state index < -0.39 is 0 Å². The summed E-state index contributed by atoms with van der Waals surface area (Å²) < 4.78 is 0. The van der Waals surface area contributed by atoms with Crippen molar-refractivity contribution in [2.24, 2.45) is 11.3 Å². The molecule has 0 bridgehead atoms. The van der Waals surface area contributed by atoms with E-state index >= 15 is 0 Å². The maximum absolute atomic E-state index is 4.97. The standard InChI is InChI=1S/C9H20N2S/c1-7(9(2,3)4)6-11-8(12)10-5/h7H,6H2,1-5H3,(H2,10,11,12). The lowest BCUT2D eigenvalue weighted by molar-refractivity contribution is 0.262. The van der Waals surface area contributed by atoms with Crippen LogP contribution in [0.1, 0.15) is 27.7 Å². The lowest BCUT2D eigenvalue weighted by Crippen LogP contribution is -2.38. The van der Waals surface area contributed by atoms with Crippen molar-refractivity contribution in [3.63, 3.8) is 0 Å². The van der Waals surface area contributed by atoms with E-state index in [2.05, 4.69) is 38.3 Å². The van der Waals surface area contributed by atoms with Crippen molar-refractivity contribution in [3.05, 3.63) is 0 Å². The fourth-order valence-corrected chi connectivity index (χ4v) is 0.724. The van der Waals surface area contributed by atoms with E-state index in [0.29, 0.717) is 11.3 Å². The topological polar surface area (TPSA) is 24.1 Å². The molecule has 0 heterocycles. The summed E-state index contributed by atoms with van der Waals surface area (Å²) in [4.78, 5) is 0. The van der Waals surface area contributed by atoms with Crippen LogP contribution in [0.15, 0.2) is 0 Å². The molecular formula is C9H20N2S. The summed E-state index contributed by atoms with van der Waals surface area (Å²) in [6.45, 7) is 9.87. The Morgan fingerprint density at radius 1 is 1.42 bits per heavy atom. The first-order chi connectivity index (χ1) is 5.38. The second kappa shape index (κ2) is 4.65. The Balaban J connectivity index is 3.72. The van der Waals surface area contributed by atoms with E-state index in [4.69, 9.17) is 12.2 Å². The minimum absolute atomic E-state index is 0.344. The Kier molecular flexibility index (Phi) is 4.53. The maximum atomic E-state index is 4.97. The average Bonchev–Trinajstić information content (AvgIpc) is 1.97. The summed E-state index contributed by atoms with van der Waals surface area (Å²) in [5, 5.41) is 6.78. The molecule has 0 spiro atoms. The number of rotatable bonds is 2. The molecule has 0 saturated heterocycles. The molecule has 0 radical (unpaired) electrons. The normalized spacial score (nSPS) is 13.8. The minimum Gasteiger partial charge on any atom is -0.366 e. The van der Waals surface area contributed by atoms with E-state index in [-0.39, 0.29) is 0 Å². The second-order valence-electron chi connectivity index (χ2n) is 4.23. The third kappa shape index (κ3) is 4.54. The van der Waals surface area contributed by atoms with Crippen molar-refractivity contribution in [2.75, 3.05) is 13.6 Å². The van der Waals surface area contributed by atoms with Gasteiger partial charge in [0.05, 0.1) is 0 Å². The van der Waals surface area contributed by atoms with Gasteiger partial charge in [-0.15, -0.1) is 0 Å². The van der Waals surface area contributed by atoms with Crippen LogP contribution in [0.3, 0.4) is 0 Å². The molecule has 0 aromatic rings. The second-order valence-corrected chi connectivity index (χ2v) is 4.64. The molecule has 0 aliphatic carbocycles. The molecule has 0 aliphatic rings. The van der Waals surface area contributed by atoms with Crippen molar-refractivity contribution >= 4 is 17.3 Å². The summed E-state index contributed by atoms with van der Waals surface area (Å²) >= 11 is 4.97. The first kappa shape index (κ1) is 11.7. The molecule has 12 heavy (non-hydrogen) atoms. The van der Waals surface area contributed by atoms with E-state index in [1.807, 2.05) is 7.05 Å². The summed E-state index contributed by atoms with van der Waals surface area (Å²) in [7, 11) is 1.83. The molecule has 0 aromatic heterocycles. The molecule has 72 valence electrons. The quantitative estimate of drug-likeness (QED) is 0.646. The van der Waals surface area contributed by atoms with Gasteiger partial charge in [-0.2, -0.15) is 0 Å². The highest BCUT2D eigenvalue weighted by Gasteiger charge is 2.19. The highest BCUT2D eigenvalue weighted by Crippen LogP contribution is 2.24.